The van der Waals surface area contributed by atoms with Crippen LogP contribution in [0.5, 0.6) is 0 Å². The number of hydrogen-bond acceptors (Lipinski definition) is 4. The zero-order chi connectivity index (χ0) is 9.84. The van der Waals surface area contributed by atoms with Gasteiger partial charge < -0.3 is 4.74 Å². The summed E-state index contributed by atoms with van der Waals surface area (Å²) < 4.78 is 4.56. The Morgan fingerprint density at radius 1 is 1.69 bits per heavy atom. The van der Waals surface area contributed by atoms with Crippen molar-refractivity contribution >= 4 is 17.3 Å². The number of thiazole rings is 1. The molecule has 0 amide bonds. The van der Waals surface area contributed by atoms with Gasteiger partial charge in [-0.3, -0.25) is 0 Å². The quantitative estimate of drug-likeness (QED) is 0.700. The zero-order valence-corrected chi connectivity index (χ0v) is 8.85. The van der Waals surface area contributed by atoms with Crippen LogP contribution >= 0.6 is 11.3 Å². The molecule has 0 bridgehead atoms. The zero-order valence-electron chi connectivity index (χ0n) is 8.03. The van der Waals surface area contributed by atoms with E-state index >= 15 is 0 Å². The Hall–Kier alpha value is -0.900. The number of aromatic nitrogens is 1. The van der Waals surface area contributed by atoms with E-state index in [1.54, 1.807) is 5.38 Å². The molecule has 0 unspecified atom stereocenters. The molecule has 0 radical (unpaired) electrons. The molecule has 3 nitrogen and oxygen atoms in total. The van der Waals surface area contributed by atoms with Crippen molar-refractivity contribution in [2.75, 3.05) is 7.11 Å². The number of rotatable bonds is 3. The van der Waals surface area contributed by atoms with Gasteiger partial charge in [-0.05, 0) is 5.92 Å². The van der Waals surface area contributed by atoms with Crippen molar-refractivity contribution in [1.29, 1.82) is 0 Å². The average Bonchev–Trinajstić information content (AvgIpc) is 2.50. The van der Waals surface area contributed by atoms with Gasteiger partial charge in [-0.15, -0.1) is 11.3 Å². The standard InChI is InChI=1S/C9H13NO2S/c1-6(2)4-8-10-7(5-13-8)9(11)12-3/h5-6H,4H2,1-3H3. The van der Waals surface area contributed by atoms with E-state index in [9.17, 15) is 4.79 Å². The Kier molecular flexibility index (Phi) is 3.42. The normalized spacial score (nSPS) is 10.5. The van der Waals surface area contributed by atoms with Crippen molar-refractivity contribution in [3.63, 3.8) is 0 Å². The highest BCUT2D eigenvalue weighted by Gasteiger charge is 2.10. The minimum atomic E-state index is -0.355. The van der Waals surface area contributed by atoms with Gasteiger partial charge in [-0.25, -0.2) is 9.78 Å². The van der Waals surface area contributed by atoms with E-state index in [4.69, 9.17) is 0 Å². The van der Waals surface area contributed by atoms with Gasteiger partial charge in [0.05, 0.1) is 12.1 Å². The van der Waals surface area contributed by atoms with Gasteiger partial charge in [0.15, 0.2) is 5.69 Å². The highest BCUT2D eigenvalue weighted by Crippen LogP contribution is 2.14. The molecule has 1 heterocycles. The van der Waals surface area contributed by atoms with E-state index in [0.29, 0.717) is 11.6 Å². The Morgan fingerprint density at radius 3 is 2.92 bits per heavy atom. The maximum absolute atomic E-state index is 11.0. The van der Waals surface area contributed by atoms with E-state index in [-0.39, 0.29) is 5.97 Å². The lowest BCUT2D eigenvalue weighted by atomic mass is 10.1. The van der Waals surface area contributed by atoms with E-state index in [2.05, 4.69) is 23.6 Å². The van der Waals surface area contributed by atoms with Crippen LogP contribution in [0.2, 0.25) is 0 Å². The molecule has 0 fully saturated rings. The number of hydrogen-bond donors (Lipinski definition) is 0. The summed E-state index contributed by atoms with van der Waals surface area (Å²) in [5.74, 6) is 0.211. The molecule has 72 valence electrons. The molecule has 0 aliphatic heterocycles. The summed E-state index contributed by atoms with van der Waals surface area (Å²) in [6.07, 6.45) is 0.918. The lowest BCUT2D eigenvalue weighted by molar-refractivity contribution is 0.0594. The Balaban J connectivity index is 2.69. The van der Waals surface area contributed by atoms with E-state index in [0.717, 1.165) is 11.4 Å². The maximum atomic E-state index is 11.0. The highest BCUT2D eigenvalue weighted by molar-refractivity contribution is 7.09. The van der Waals surface area contributed by atoms with Crippen LogP contribution in [0.4, 0.5) is 0 Å². The van der Waals surface area contributed by atoms with Gasteiger partial charge in [0.25, 0.3) is 0 Å². The Labute approximate surface area is 81.8 Å². The summed E-state index contributed by atoms with van der Waals surface area (Å²) in [6, 6.07) is 0. The number of ether oxygens (including phenoxy) is 1. The lowest BCUT2D eigenvalue weighted by Crippen LogP contribution is -2.02. The molecule has 0 aliphatic rings. The molecule has 4 heteroatoms. The van der Waals surface area contributed by atoms with Crippen LogP contribution in [0, 0.1) is 5.92 Å². The molecule has 0 atom stereocenters. The molecular formula is C9H13NO2S. The predicted molar refractivity (Wildman–Crippen MR) is 52.0 cm³/mol. The molecule has 0 spiro atoms. The first-order chi connectivity index (χ1) is 6.13. The second-order valence-electron chi connectivity index (χ2n) is 3.22. The third-order valence-electron chi connectivity index (χ3n) is 1.53. The summed E-state index contributed by atoms with van der Waals surface area (Å²) in [5.41, 5.74) is 0.420. The SMILES string of the molecule is COC(=O)c1csc(CC(C)C)n1. The average molecular weight is 199 g/mol. The molecule has 0 N–H and O–H groups in total. The topological polar surface area (TPSA) is 39.2 Å². The smallest absolute Gasteiger partial charge is 0.357 e. The second-order valence-corrected chi connectivity index (χ2v) is 4.16. The fraction of sp³-hybridized carbons (Fsp3) is 0.556. The number of nitrogens with zero attached hydrogens (tertiary/aromatic N) is 1. The van der Waals surface area contributed by atoms with Gasteiger partial charge in [0.1, 0.15) is 0 Å². The third kappa shape index (κ3) is 2.81. The van der Waals surface area contributed by atoms with E-state index in [1.807, 2.05) is 0 Å². The molecule has 1 rings (SSSR count). The summed E-state index contributed by atoms with van der Waals surface area (Å²) in [7, 11) is 1.36. The van der Waals surface area contributed by atoms with Crippen LogP contribution in [0.3, 0.4) is 0 Å². The predicted octanol–water partition coefficient (Wildman–Crippen LogP) is 2.13. The monoisotopic (exact) mass is 199 g/mol. The van der Waals surface area contributed by atoms with Crippen molar-refractivity contribution in [1.82, 2.24) is 4.98 Å². The second kappa shape index (κ2) is 4.37. The van der Waals surface area contributed by atoms with Crippen LogP contribution in [-0.4, -0.2) is 18.1 Å². The van der Waals surface area contributed by atoms with E-state index in [1.165, 1.54) is 18.4 Å². The third-order valence-corrected chi connectivity index (χ3v) is 2.40. The van der Waals surface area contributed by atoms with Crippen molar-refractivity contribution < 1.29 is 9.53 Å². The first kappa shape index (κ1) is 10.2. The molecule has 0 aromatic carbocycles. The van der Waals surface area contributed by atoms with Gasteiger partial charge in [0, 0.05) is 11.8 Å². The Morgan fingerprint density at radius 2 is 2.38 bits per heavy atom. The van der Waals surface area contributed by atoms with Crippen molar-refractivity contribution in [3.8, 4) is 0 Å². The van der Waals surface area contributed by atoms with Crippen LogP contribution in [0.25, 0.3) is 0 Å². The first-order valence-electron chi connectivity index (χ1n) is 4.16. The minimum Gasteiger partial charge on any atom is -0.464 e. The van der Waals surface area contributed by atoms with E-state index < -0.39 is 0 Å². The molecule has 0 saturated carbocycles. The summed E-state index contributed by atoms with van der Waals surface area (Å²) in [4.78, 5) is 15.2. The number of carbonyl (C=O) groups excluding carboxylic acids is 1. The molecule has 1 aromatic heterocycles. The van der Waals surface area contributed by atoms with Gasteiger partial charge >= 0.3 is 5.97 Å². The first-order valence-corrected chi connectivity index (χ1v) is 5.04. The lowest BCUT2D eigenvalue weighted by Gasteiger charge is -1.98. The largest absolute Gasteiger partial charge is 0.464 e. The summed E-state index contributed by atoms with van der Waals surface area (Å²) >= 11 is 1.51. The molecule has 1 aromatic rings. The highest BCUT2D eigenvalue weighted by atomic mass is 32.1. The summed E-state index contributed by atoms with van der Waals surface area (Å²) in [6.45, 7) is 4.25. The van der Waals surface area contributed by atoms with Crippen LogP contribution in [0.1, 0.15) is 29.3 Å². The van der Waals surface area contributed by atoms with Crippen LogP contribution < -0.4 is 0 Å². The van der Waals surface area contributed by atoms with Crippen molar-refractivity contribution in [3.05, 3.63) is 16.1 Å². The number of esters is 1. The van der Waals surface area contributed by atoms with Crippen molar-refractivity contribution in [2.24, 2.45) is 5.92 Å². The fourth-order valence-corrected chi connectivity index (χ4v) is 1.93. The van der Waals surface area contributed by atoms with Gasteiger partial charge in [-0.2, -0.15) is 0 Å². The van der Waals surface area contributed by atoms with Crippen LogP contribution in [-0.2, 0) is 11.2 Å². The van der Waals surface area contributed by atoms with Gasteiger partial charge in [-0.1, -0.05) is 13.8 Å². The summed E-state index contributed by atoms with van der Waals surface area (Å²) in [5, 5.41) is 2.74. The Bertz CT molecular complexity index is 294. The molecule has 0 aliphatic carbocycles. The molecular weight excluding hydrogens is 186 g/mol. The van der Waals surface area contributed by atoms with Crippen molar-refractivity contribution in [2.45, 2.75) is 20.3 Å². The van der Waals surface area contributed by atoms with Crippen LogP contribution in [0.15, 0.2) is 5.38 Å². The maximum Gasteiger partial charge on any atom is 0.357 e. The van der Waals surface area contributed by atoms with Gasteiger partial charge in [0.2, 0.25) is 0 Å². The number of carbonyl (C=O) groups is 1. The minimum absolute atomic E-state index is 0.355. The molecule has 0 saturated heterocycles. The molecule has 13 heavy (non-hydrogen) atoms. The fourth-order valence-electron chi connectivity index (χ4n) is 0.952. The number of methoxy groups -OCH3 is 1.